The van der Waals surface area contributed by atoms with Crippen molar-refractivity contribution in [2.45, 2.75) is 26.8 Å². The Hall–Kier alpha value is -1.29. The number of H-pyrrole nitrogens is 1. The summed E-state index contributed by atoms with van der Waals surface area (Å²) < 4.78 is 0. The number of carbonyl (C=O) groups is 1. The van der Waals surface area contributed by atoms with Crippen LogP contribution in [0.25, 0.3) is 0 Å². The highest BCUT2D eigenvalue weighted by molar-refractivity contribution is 5.66. The molecule has 0 bridgehead atoms. The van der Waals surface area contributed by atoms with Gasteiger partial charge in [-0.15, -0.1) is 0 Å². The molecule has 1 heterocycles. The van der Waals surface area contributed by atoms with Gasteiger partial charge >= 0.3 is 5.97 Å². The second kappa shape index (κ2) is 4.81. The average Bonchev–Trinajstić information content (AvgIpc) is 2.39. The molecule has 3 N–H and O–H groups in total. The van der Waals surface area contributed by atoms with Crippen LogP contribution in [0.2, 0.25) is 0 Å². The van der Waals surface area contributed by atoms with Gasteiger partial charge in [-0.2, -0.15) is 0 Å². The van der Waals surface area contributed by atoms with Crippen LogP contribution in [0, 0.1) is 13.8 Å². The van der Waals surface area contributed by atoms with E-state index in [2.05, 4.69) is 16.4 Å². The number of carboxylic acids is 1. The Kier molecular flexibility index (Phi) is 3.71. The van der Waals surface area contributed by atoms with E-state index in [1.165, 1.54) is 5.56 Å². The number of hydrogen-bond acceptors (Lipinski definition) is 2. The molecule has 0 aliphatic heterocycles. The monoisotopic (exact) mass is 196 g/mol. The van der Waals surface area contributed by atoms with Crippen molar-refractivity contribution in [3.8, 4) is 0 Å². The molecular weight excluding hydrogens is 180 g/mol. The number of carboxylic acid groups (broad SMARTS) is 1. The first kappa shape index (κ1) is 10.8. The zero-order chi connectivity index (χ0) is 10.6. The molecule has 0 aliphatic rings. The van der Waals surface area contributed by atoms with Gasteiger partial charge in [0.2, 0.25) is 0 Å². The Bertz CT molecular complexity index is 318. The van der Waals surface area contributed by atoms with Gasteiger partial charge in [-0.25, -0.2) is 0 Å². The summed E-state index contributed by atoms with van der Waals surface area (Å²) in [4.78, 5) is 13.4. The number of nitrogens with one attached hydrogen (secondary N) is 2. The predicted octanol–water partition coefficient (Wildman–Crippen LogP) is 1.20. The van der Waals surface area contributed by atoms with E-state index < -0.39 is 5.97 Å². The van der Waals surface area contributed by atoms with Gasteiger partial charge in [0.1, 0.15) is 0 Å². The lowest BCUT2D eigenvalue weighted by atomic mass is 10.2. The fraction of sp³-hybridized carbons (Fsp3) is 0.500. The van der Waals surface area contributed by atoms with Crippen molar-refractivity contribution in [1.29, 1.82) is 0 Å². The first-order valence-electron chi connectivity index (χ1n) is 4.67. The van der Waals surface area contributed by atoms with E-state index in [-0.39, 0.29) is 6.42 Å². The summed E-state index contributed by atoms with van der Waals surface area (Å²) >= 11 is 0. The van der Waals surface area contributed by atoms with Crippen LogP contribution < -0.4 is 5.32 Å². The lowest BCUT2D eigenvalue weighted by molar-refractivity contribution is -0.136. The van der Waals surface area contributed by atoms with Gasteiger partial charge in [0, 0.05) is 24.5 Å². The Balaban J connectivity index is 2.31. The number of rotatable bonds is 5. The van der Waals surface area contributed by atoms with Crippen molar-refractivity contribution < 1.29 is 9.90 Å². The third-order valence-corrected chi connectivity index (χ3v) is 2.09. The minimum absolute atomic E-state index is 0.169. The molecule has 0 spiro atoms. The largest absolute Gasteiger partial charge is 0.481 e. The number of aromatic nitrogens is 1. The molecule has 1 rings (SSSR count). The first-order chi connectivity index (χ1) is 6.59. The normalized spacial score (nSPS) is 10.4. The fourth-order valence-corrected chi connectivity index (χ4v) is 1.38. The van der Waals surface area contributed by atoms with Gasteiger partial charge in [-0.1, -0.05) is 0 Å². The smallest absolute Gasteiger partial charge is 0.304 e. The highest BCUT2D eigenvalue weighted by atomic mass is 16.4. The lowest BCUT2D eigenvalue weighted by Gasteiger charge is -2.01. The molecule has 0 saturated carbocycles. The molecule has 0 fully saturated rings. The molecule has 0 aromatic carbocycles. The number of aromatic amines is 1. The van der Waals surface area contributed by atoms with E-state index in [0.717, 1.165) is 17.9 Å². The van der Waals surface area contributed by atoms with Crippen LogP contribution in [0.15, 0.2) is 6.07 Å². The third kappa shape index (κ3) is 3.22. The Morgan fingerprint density at radius 1 is 1.57 bits per heavy atom. The summed E-state index contributed by atoms with van der Waals surface area (Å²) in [6.07, 6.45) is 0.169. The molecule has 0 unspecified atom stereocenters. The maximum atomic E-state index is 10.2. The molecule has 0 atom stereocenters. The van der Waals surface area contributed by atoms with Crippen molar-refractivity contribution in [3.05, 3.63) is 23.0 Å². The average molecular weight is 196 g/mol. The van der Waals surface area contributed by atoms with Crippen LogP contribution in [0.5, 0.6) is 0 Å². The quantitative estimate of drug-likeness (QED) is 0.620. The summed E-state index contributed by atoms with van der Waals surface area (Å²) in [5, 5.41) is 11.5. The molecule has 78 valence electrons. The molecule has 0 aliphatic carbocycles. The lowest BCUT2D eigenvalue weighted by Crippen LogP contribution is -2.17. The van der Waals surface area contributed by atoms with Crippen molar-refractivity contribution in [2.75, 3.05) is 6.54 Å². The van der Waals surface area contributed by atoms with Gasteiger partial charge in [0.25, 0.3) is 0 Å². The van der Waals surface area contributed by atoms with Crippen molar-refractivity contribution in [3.63, 3.8) is 0 Å². The molecule has 0 saturated heterocycles. The maximum absolute atomic E-state index is 10.2. The molecule has 14 heavy (non-hydrogen) atoms. The molecule has 0 radical (unpaired) electrons. The third-order valence-electron chi connectivity index (χ3n) is 2.09. The minimum atomic E-state index is -0.764. The number of hydrogen-bond donors (Lipinski definition) is 3. The van der Waals surface area contributed by atoms with Gasteiger partial charge in [0.15, 0.2) is 0 Å². The van der Waals surface area contributed by atoms with Crippen LogP contribution in [0.4, 0.5) is 0 Å². The van der Waals surface area contributed by atoms with Crippen LogP contribution in [-0.4, -0.2) is 22.6 Å². The molecule has 4 nitrogen and oxygen atoms in total. The maximum Gasteiger partial charge on any atom is 0.304 e. The second-order valence-electron chi connectivity index (χ2n) is 3.42. The highest BCUT2D eigenvalue weighted by Gasteiger charge is 2.01. The SMILES string of the molecule is Cc1cc(CNCCC(=O)O)c(C)[nH]1. The van der Waals surface area contributed by atoms with E-state index in [0.29, 0.717) is 6.54 Å². The van der Waals surface area contributed by atoms with E-state index in [9.17, 15) is 4.79 Å². The van der Waals surface area contributed by atoms with E-state index in [1.807, 2.05) is 13.8 Å². The fourth-order valence-electron chi connectivity index (χ4n) is 1.38. The van der Waals surface area contributed by atoms with Crippen LogP contribution in [-0.2, 0) is 11.3 Å². The first-order valence-corrected chi connectivity index (χ1v) is 4.67. The molecule has 4 heteroatoms. The Morgan fingerprint density at radius 3 is 2.79 bits per heavy atom. The molecule has 1 aromatic heterocycles. The van der Waals surface area contributed by atoms with Gasteiger partial charge in [0.05, 0.1) is 6.42 Å². The zero-order valence-corrected chi connectivity index (χ0v) is 8.55. The zero-order valence-electron chi connectivity index (χ0n) is 8.55. The van der Waals surface area contributed by atoms with Gasteiger partial charge in [-0.3, -0.25) is 4.79 Å². The number of aliphatic carboxylic acids is 1. The van der Waals surface area contributed by atoms with Crippen LogP contribution in [0.3, 0.4) is 0 Å². The summed E-state index contributed by atoms with van der Waals surface area (Å²) in [5.74, 6) is -0.764. The second-order valence-corrected chi connectivity index (χ2v) is 3.42. The Morgan fingerprint density at radius 2 is 2.29 bits per heavy atom. The van der Waals surface area contributed by atoms with Gasteiger partial charge in [-0.05, 0) is 25.5 Å². The van der Waals surface area contributed by atoms with Crippen molar-refractivity contribution in [1.82, 2.24) is 10.3 Å². The van der Waals surface area contributed by atoms with Crippen molar-refractivity contribution in [2.24, 2.45) is 0 Å². The molecular formula is C10H16N2O2. The van der Waals surface area contributed by atoms with Crippen molar-refractivity contribution >= 4 is 5.97 Å². The summed E-state index contributed by atoms with van der Waals surface area (Å²) in [6, 6.07) is 2.07. The number of aryl methyl sites for hydroxylation is 2. The van der Waals surface area contributed by atoms with E-state index in [4.69, 9.17) is 5.11 Å². The summed E-state index contributed by atoms with van der Waals surface area (Å²) in [7, 11) is 0. The van der Waals surface area contributed by atoms with E-state index >= 15 is 0 Å². The predicted molar refractivity (Wildman–Crippen MR) is 54.2 cm³/mol. The Labute approximate surface area is 83.3 Å². The summed E-state index contributed by atoms with van der Waals surface area (Å²) in [5.41, 5.74) is 3.48. The standard InChI is InChI=1S/C10H16N2O2/c1-7-5-9(8(2)12-7)6-11-4-3-10(13)14/h5,11-12H,3-4,6H2,1-2H3,(H,13,14). The highest BCUT2D eigenvalue weighted by Crippen LogP contribution is 2.08. The van der Waals surface area contributed by atoms with Crippen LogP contribution >= 0.6 is 0 Å². The summed E-state index contributed by atoms with van der Waals surface area (Å²) in [6.45, 7) is 5.26. The minimum Gasteiger partial charge on any atom is -0.481 e. The molecule has 0 amide bonds. The van der Waals surface area contributed by atoms with Gasteiger partial charge < -0.3 is 15.4 Å². The molecule has 1 aromatic rings. The van der Waals surface area contributed by atoms with Crippen LogP contribution in [0.1, 0.15) is 23.4 Å². The topological polar surface area (TPSA) is 65.1 Å². The van der Waals surface area contributed by atoms with E-state index in [1.54, 1.807) is 0 Å².